The average Bonchev–Trinajstić information content (AvgIpc) is 3.23. The number of furan rings is 1. The molecule has 9 heteroatoms. The summed E-state index contributed by atoms with van der Waals surface area (Å²) in [5.74, 6) is 0.718. The molecule has 144 valence electrons. The third-order valence-electron chi connectivity index (χ3n) is 3.96. The first-order valence-electron chi connectivity index (χ1n) is 8.83. The van der Waals surface area contributed by atoms with Crippen molar-refractivity contribution in [2.45, 2.75) is 52.0 Å². The predicted molar refractivity (Wildman–Crippen MR) is 104 cm³/mol. The number of fused-ring (bicyclic) bond motifs is 1. The van der Waals surface area contributed by atoms with E-state index in [1.165, 1.54) is 11.8 Å². The zero-order valence-electron chi connectivity index (χ0n) is 15.9. The van der Waals surface area contributed by atoms with Crippen LogP contribution < -0.4 is 10.9 Å². The quantitative estimate of drug-likeness (QED) is 0.492. The summed E-state index contributed by atoms with van der Waals surface area (Å²) in [4.78, 5) is 29.9. The number of nitrogens with zero attached hydrogens (tertiary/aromatic N) is 4. The Labute approximate surface area is 161 Å². The molecular weight excluding hydrogens is 366 g/mol. The van der Waals surface area contributed by atoms with E-state index in [4.69, 9.17) is 4.42 Å². The zero-order valence-corrected chi connectivity index (χ0v) is 16.7. The summed E-state index contributed by atoms with van der Waals surface area (Å²) in [7, 11) is 0. The molecule has 0 aliphatic heterocycles. The second-order valence-electron chi connectivity index (χ2n) is 6.47. The van der Waals surface area contributed by atoms with Gasteiger partial charge in [-0.1, -0.05) is 11.8 Å². The Kier molecular flexibility index (Phi) is 5.69. The van der Waals surface area contributed by atoms with Crippen LogP contribution in [0.15, 0.2) is 32.8 Å². The van der Waals surface area contributed by atoms with Crippen LogP contribution in [0.3, 0.4) is 0 Å². The summed E-state index contributed by atoms with van der Waals surface area (Å²) in [6.45, 7) is 8.39. The lowest BCUT2D eigenvalue weighted by molar-refractivity contribution is -0.119. The fraction of sp³-hybridized carbons (Fsp3) is 0.444. The van der Waals surface area contributed by atoms with Gasteiger partial charge in [0.15, 0.2) is 10.7 Å². The highest BCUT2D eigenvalue weighted by Gasteiger charge is 2.19. The van der Waals surface area contributed by atoms with Gasteiger partial charge in [0.1, 0.15) is 11.3 Å². The van der Waals surface area contributed by atoms with Crippen LogP contribution in [-0.4, -0.2) is 37.0 Å². The fourth-order valence-corrected chi connectivity index (χ4v) is 3.62. The molecule has 0 saturated heterocycles. The van der Waals surface area contributed by atoms with Gasteiger partial charge in [-0.3, -0.25) is 18.8 Å². The van der Waals surface area contributed by atoms with Gasteiger partial charge in [-0.25, -0.2) is 4.98 Å². The van der Waals surface area contributed by atoms with Gasteiger partial charge in [0.05, 0.1) is 24.3 Å². The SMILES string of the molecule is CCn1nc(C)c2nc(SCC(=O)NC(C)C)n(Cc3ccco3)c(=O)c21. The minimum atomic E-state index is -0.189. The van der Waals surface area contributed by atoms with E-state index >= 15 is 0 Å². The lowest BCUT2D eigenvalue weighted by Crippen LogP contribution is -2.32. The topological polar surface area (TPSA) is 95.0 Å². The smallest absolute Gasteiger partial charge is 0.280 e. The first-order valence-corrected chi connectivity index (χ1v) is 9.81. The lowest BCUT2D eigenvalue weighted by Gasteiger charge is -2.12. The molecule has 1 amide bonds. The third kappa shape index (κ3) is 4.08. The van der Waals surface area contributed by atoms with Gasteiger partial charge in [0.2, 0.25) is 5.91 Å². The number of aromatic nitrogens is 4. The highest BCUT2D eigenvalue weighted by atomic mass is 32.2. The second kappa shape index (κ2) is 7.99. The standard InChI is InChI=1S/C18H23N5O3S/c1-5-23-16-15(12(4)21-23)20-18(27-10-14(24)19-11(2)3)22(17(16)25)9-13-7-6-8-26-13/h6-8,11H,5,9-10H2,1-4H3,(H,19,24). The normalized spacial score (nSPS) is 11.4. The first-order chi connectivity index (χ1) is 12.9. The number of rotatable bonds is 7. The molecule has 27 heavy (non-hydrogen) atoms. The summed E-state index contributed by atoms with van der Waals surface area (Å²) in [6, 6.07) is 3.64. The molecular formula is C18H23N5O3S. The largest absolute Gasteiger partial charge is 0.467 e. The Hall–Kier alpha value is -2.55. The molecule has 8 nitrogen and oxygen atoms in total. The van der Waals surface area contributed by atoms with Gasteiger partial charge in [-0.05, 0) is 39.8 Å². The zero-order chi connectivity index (χ0) is 19.6. The molecule has 0 bridgehead atoms. The molecule has 0 atom stereocenters. The summed E-state index contributed by atoms with van der Waals surface area (Å²) in [5.41, 5.74) is 1.55. The molecule has 0 spiro atoms. The van der Waals surface area contributed by atoms with Crippen LogP contribution >= 0.6 is 11.8 Å². The number of amides is 1. The lowest BCUT2D eigenvalue weighted by atomic mass is 10.3. The first kappa shape index (κ1) is 19.2. The van der Waals surface area contributed by atoms with Crippen LogP contribution in [0, 0.1) is 6.92 Å². The van der Waals surface area contributed by atoms with Gasteiger partial charge in [-0.15, -0.1) is 0 Å². The van der Waals surface area contributed by atoms with E-state index in [0.717, 1.165) is 0 Å². The number of aryl methyl sites for hydroxylation is 2. The Morgan fingerprint density at radius 2 is 2.19 bits per heavy atom. The Bertz CT molecular complexity index is 1000. The van der Waals surface area contributed by atoms with E-state index in [2.05, 4.69) is 15.4 Å². The number of carbonyl (C=O) groups is 1. The summed E-state index contributed by atoms with van der Waals surface area (Å²) >= 11 is 1.23. The monoisotopic (exact) mass is 389 g/mol. The highest BCUT2D eigenvalue weighted by molar-refractivity contribution is 7.99. The van der Waals surface area contributed by atoms with E-state index < -0.39 is 0 Å². The van der Waals surface area contributed by atoms with Crippen molar-refractivity contribution in [2.75, 3.05) is 5.75 Å². The van der Waals surface area contributed by atoms with Crippen LogP contribution in [0.25, 0.3) is 11.0 Å². The van der Waals surface area contributed by atoms with Crippen molar-refractivity contribution in [3.63, 3.8) is 0 Å². The van der Waals surface area contributed by atoms with Gasteiger partial charge in [-0.2, -0.15) is 5.10 Å². The molecule has 0 aromatic carbocycles. The Morgan fingerprint density at radius 3 is 2.81 bits per heavy atom. The third-order valence-corrected chi connectivity index (χ3v) is 4.93. The molecule has 3 aromatic heterocycles. The molecule has 0 unspecified atom stereocenters. The Balaban J connectivity index is 2.05. The summed E-state index contributed by atoms with van der Waals surface area (Å²) in [5, 5.41) is 7.73. The van der Waals surface area contributed by atoms with Crippen molar-refractivity contribution < 1.29 is 9.21 Å². The van der Waals surface area contributed by atoms with E-state index in [9.17, 15) is 9.59 Å². The van der Waals surface area contributed by atoms with Gasteiger partial charge in [0, 0.05) is 12.6 Å². The van der Waals surface area contributed by atoms with Crippen LogP contribution in [0.5, 0.6) is 0 Å². The molecule has 0 fully saturated rings. The highest BCUT2D eigenvalue weighted by Crippen LogP contribution is 2.21. The van der Waals surface area contributed by atoms with E-state index in [1.54, 1.807) is 27.6 Å². The number of thioether (sulfide) groups is 1. The maximum atomic E-state index is 13.2. The maximum Gasteiger partial charge on any atom is 0.280 e. The Morgan fingerprint density at radius 1 is 1.41 bits per heavy atom. The number of carbonyl (C=O) groups excluding carboxylic acids is 1. The fourth-order valence-electron chi connectivity index (χ4n) is 2.82. The van der Waals surface area contributed by atoms with Crippen molar-refractivity contribution in [3.8, 4) is 0 Å². The van der Waals surface area contributed by atoms with Crippen molar-refractivity contribution in [2.24, 2.45) is 0 Å². The summed E-state index contributed by atoms with van der Waals surface area (Å²) < 4.78 is 8.61. The van der Waals surface area contributed by atoms with Crippen LogP contribution in [-0.2, 0) is 17.9 Å². The van der Waals surface area contributed by atoms with Crippen molar-refractivity contribution >= 4 is 28.7 Å². The predicted octanol–water partition coefficient (Wildman–Crippen LogP) is 2.18. The van der Waals surface area contributed by atoms with Crippen LogP contribution in [0.1, 0.15) is 32.2 Å². The summed E-state index contributed by atoms with van der Waals surface area (Å²) in [6.07, 6.45) is 1.57. The number of hydrogen-bond donors (Lipinski definition) is 1. The average molecular weight is 389 g/mol. The minimum Gasteiger partial charge on any atom is -0.467 e. The van der Waals surface area contributed by atoms with E-state index in [1.807, 2.05) is 27.7 Å². The molecule has 0 aliphatic rings. The van der Waals surface area contributed by atoms with Crippen LogP contribution in [0.4, 0.5) is 0 Å². The molecule has 3 aromatic rings. The molecule has 1 N–H and O–H groups in total. The second-order valence-corrected chi connectivity index (χ2v) is 7.42. The van der Waals surface area contributed by atoms with E-state index in [-0.39, 0.29) is 29.8 Å². The van der Waals surface area contributed by atoms with Crippen molar-refractivity contribution in [1.29, 1.82) is 0 Å². The van der Waals surface area contributed by atoms with Gasteiger partial charge in [0.25, 0.3) is 5.56 Å². The molecule has 0 radical (unpaired) electrons. The van der Waals surface area contributed by atoms with Crippen LogP contribution in [0.2, 0.25) is 0 Å². The molecule has 0 saturated carbocycles. The molecule has 3 heterocycles. The van der Waals surface area contributed by atoms with E-state index in [0.29, 0.717) is 34.2 Å². The minimum absolute atomic E-state index is 0.0591. The molecule has 0 aliphatic carbocycles. The van der Waals surface area contributed by atoms with Crippen molar-refractivity contribution in [3.05, 3.63) is 40.2 Å². The number of hydrogen-bond acceptors (Lipinski definition) is 6. The van der Waals surface area contributed by atoms with Gasteiger partial charge >= 0.3 is 0 Å². The molecule has 3 rings (SSSR count). The maximum absolute atomic E-state index is 13.2. The van der Waals surface area contributed by atoms with Crippen molar-refractivity contribution in [1.82, 2.24) is 24.6 Å². The number of nitrogens with one attached hydrogen (secondary N) is 1. The van der Waals surface area contributed by atoms with Gasteiger partial charge < -0.3 is 9.73 Å².